The standard InChI is InChI=1S/C16H18N2S9/c17-3-1-5-20-11-13-22-9-7-19-8-10-23-14-12(21-6-2-4-18)25-16(27-14)15(24-11)26-13/h11,13H,1-2,5-10H2/b16-15-. The van der Waals surface area contributed by atoms with Gasteiger partial charge in [0.05, 0.1) is 38.3 Å². The Morgan fingerprint density at radius 1 is 0.889 bits per heavy atom. The molecule has 146 valence electrons. The van der Waals surface area contributed by atoms with E-state index in [1.165, 1.54) is 40.0 Å². The average molecular weight is 527 g/mol. The SMILES string of the molecule is N#CCCSC1=C2SCCSCCSC3S/C(=C(/S1)S2)SC3SCCC#N. The summed E-state index contributed by atoms with van der Waals surface area (Å²) in [6.45, 7) is 0. The van der Waals surface area contributed by atoms with Crippen LogP contribution in [0.2, 0.25) is 0 Å². The van der Waals surface area contributed by atoms with Crippen molar-refractivity contribution in [1.82, 2.24) is 0 Å². The van der Waals surface area contributed by atoms with Crippen LogP contribution in [0.4, 0.5) is 0 Å². The van der Waals surface area contributed by atoms with Crippen molar-refractivity contribution >= 4 is 106 Å². The van der Waals surface area contributed by atoms with Gasteiger partial charge in [-0.1, -0.05) is 23.5 Å². The van der Waals surface area contributed by atoms with Crippen LogP contribution in [0.1, 0.15) is 12.8 Å². The van der Waals surface area contributed by atoms with Crippen molar-refractivity contribution in [3.05, 3.63) is 16.9 Å². The van der Waals surface area contributed by atoms with Gasteiger partial charge in [0.2, 0.25) is 0 Å². The van der Waals surface area contributed by atoms with Crippen LogP contribution in [0.25, 0.3) is 0 Å². The predicted molar refractivity (Wildman–Crippen MR) is 140 cm³/mol. The zero-order valence-corrected chi connectivity index (χ0v) is 21.7. The topological polar surface area (TPSA) is 47.6 Å². The van der Waals surface area contributed by atoms with E-state index in [2.05, 4.69) is 35.7 Å². The Hall–Kier alpha value is 1.61. The zero-order chi connectivity index (χ0) is 18.9. The molecule has 2 nitrogen and oxygen atoms in total. The fourth-order valence-electron chi connectivity index (χ4n) is 2.13. The van der Waals surface area contributed by atoms with Gasteiger partial charge in [0.1, 0.15) is 0 Å². The molecule has 2 unspecified atom stereocenters. The van der Waals surface area contributed by atoms with Gasteiger partial charge >= 0.3 is 0 Å². The summed E-state index contributed by atoms with van der Waals surface area (Å²) >= 11 is 17.9. The molecule has 0 aromatic rings. The van der Waals surface area contributed by atoms with Crippen LogP contribution in [0.15, 0.2) is 16.9 Å². The Kier molecular flexibility index (Phi) is 11.3. The Balaban J connectivity index is 1.72. The Morgan fingerprint density at radius 3 is 2.56 bits per heavy atom. The highest BCUT2D eigenvalue weighted by atomic mass is 32.3. The number of nitrogens with zero attached hydrogens (tertiary/aromatic N) is 2. The largest absolute Gasteiger partial charge is 0.198 e. The van der Waals surface area contributed by atoms with Gasteiger partial charge in [-0.15, -0.1) is 70.6 Å². The van der Waals surface area contributed by atoms with Crippen LogP contribution in [-0.4, -0.2) is 43.7 Å². The number of hydrogen-bond acceptors (Lipinski definition) is 11. The molecule has 11 heteroatoms. The predicted octanol–water partition coefficient (Wildman–Crippen LogP) is 7.36. The minimum Gasteiger partial charge on any atom is -0.198 e. The van der Waals surface area contributed by atoms with Crippen LogP contribution < -0.4 is 0 Å². The number of thioether (sulfide) groups is 9. The normalized spacial score (nSPS) is 28.8. The third-order valence-corrected chi connectivity index (χ3v) is 17.4. The highest BCUT2D eigenvalue weighted by molar-refractivity contribution is 8.43. The van der Waals surface area contributed by atoms with E-state index in [9.17, 15) is 0 Å². The van der Waals surface area contributed by atoms with Crippen molar-refractivity contribution in [3.63, 3.8) is 0 Å². The van der Waals surface area contributed by atoms with Gasteiger partial charge in [0, 0.05) is 47.4 Å². The van der Waals surface area contributed by atoms with Crippen molar-refractivity contribution in [3.8, 4) is 12.1 Å². The maximum absolute atomic E-state index is 8.86. The molecule has 0 aliphatic carbocycles. The summed E-state index contributed by atoms with van der Waals surface area (Å²) in [5.41, 5.74) is 0. The van der Waals surface area contributed by atoms with Crippen molar-refractivity contribution in [2.24, 2.45) is 0 Å². The summed E-state index contributed by atoms with van der Waals surface area (Å²) in [6, 6.07) is 4.53. The van der Waals surface area contributed by atoms with E-state index in [4.69, 9.17) is 10.5 Å². The van der Waals surface area contributed by atoms with E-state index in [0.717, 1.165) is 11.5 Å². The Bertz CT molecular complexity index is 664. The molecule has 27 heavy (non-hydrogen) atoms. The first kappa shape index (κ1) is 23.3. The van der Waals surface area contributed by atoms with Crippen molar-refractivity contribution in [2.75, 3.05) is 34.5 Å². The lowest BCUT2D eigenvalue weighted by atomic mass is 10.6. The third-order valence-electron chi connectivity index (χ3n) is 3.29. The van der Waals surface area contributed by atoms with Gasteiger partial charge < -0.3 is 0 Å². The fourth-order valence-corrected chi connectivity index (χ4v) is 16.5. The highest BCUT2D eigenvalue weighted by Crippen LogP contribution is 2.65. The van der Waals surface area contributed by atoms with Gasteiger partial charge in [-0.3, -0.25) is 0 Å². The molecule has 0 spiro atoms. The van der Waals surface area contributed by atoms with E-state index in [1.807, 2.05) is 82.3 Å². The van der Waals surface area contributed by atoms with Gasteiger partial charge in [0.15, 0.2) is 0 Å². The smallest absolute Gasteiger partial charge is 0.0769 e. The second kappa shape index (κ2) is 13.1. The lowest BCUT2D eigenvalue weighted by Gasteiger charge is -2.15. The first-order chi connectivity index (χ1) is 13.3. The molecular formula is C16H18N2S9. The van der Waals surface area contributed by atoms with E-state index >= 15 is 0 Å². The van der Waals surface area contributed by atoms with E-state index < -0.39 is 0 Å². The molecule has 0 aromatic carbocycles. The molecule has 3 aliphatic rings. The van der Waals surface area contributed by atoms with E-state index in [0.29, 0.717) is 22.0 Å². The molecular weight excluding hydrogens is 509 g/mol. The fraction of sp³-hybridized carbons (Fsp3) is 0.625. The summed E-state index contributed by atoms with van der Waals surface area (Å²) in [6.07, 6.45) is 1.25. The average Bonchev–Trinajstić information content (AvgIpc) is 3.26. The molecule has 1 saturated heterocycles. The molecule has 0 amide bonds. The van der Waals surface area contributed by atoms with Gasteiger partial charge in [-0.25, -0.2) is 0 Å². The lowest BCUT2D eigenvalue weighted by molar-refractivity contribution is 1.23. The number of fused-ring (bicyclic) bond motifs is 4. The minimum atomic E-state index is 0.538. The van der Waals surface area contributed by atoms with Gasteiger partial charge in [-0.05, 0) is 0 Å². The third kappa shape index (κ3) is 7.36. The summed E-state index contributed by atoms with van der Waals surface area (Å²) in [5, 5.41) is 17.7. The summed E-state index contributed by atoms with van der Waals surface area (Å²) in [4.78, 5) is 0. The van der Waals surface area contributed by atoms with E-state index in [1.54, 1.807) is 0 Å². The van der Waals surface area contributed by atoms with Crippen LogP contribution >= 0.6 is 106 Å². The molecule has 3 heterocycles. The molecule has 3 aliphatic heterocycles. The maximum atomic E-state index is 8.86. The maximum Gasteiger partial charge on any atom is 0.0769 e. The van der Waals surface area contributed by atoms with Crippen LogP contribution in [0.3, 0.4) is 0 Å². The summed E-state index contributed by atoms with van der Waals surface area (Å²) < 4.78 is 6.87. The van der Waals surface area contributed by atoms with Crippen molar-refractivity contribution in [1.29, 1.82) is 10.5 Å². The summed E-state index contributed by atoms with van der Waals surface area (Å²) in [7, 11) is 0. The summed E-state index contributed by atoms with van der Waals surface area (Å²) in [5.74, 6) is 6.61. The van der Waals surface area contributed by atoms with Gasteiger partial charge in [-0.2, -0.15) is 22.3 Å². The molecule has 2 atom stereocenters. The number of hydrogen-bond donors (Lipinski definition) is 0. The molecule has 0 saturated carbocycles. The molecule has 1 fully saturated rings. The second-order valence-corrected chi connectivity index (χ2v) is 17.1. The quantitative estimate of drug-likeness (QED) is 0.326. The first-order valence-electron chi connectivity index (χ1n) is 8.30. The van der Waals surface area contributed by atoms with E-state index in [-0.39, 0.29) is 0 Å². The Labute approximate surface area is 200 Å². The lowest BCUT2D eigenvalue weighted by Crippen LogP contribution is -2.09. The molecule has 4 bridgehead atoms. The Morgan fingerprint density at radius 2 is 1.70 bits per heavy atom. The van der Waals surface area contributed by atoms with Gasteiger partial charge in [0.25, 0.3) is 0 Å². The molecule has 3 rings (SSSR count). The molecule has 0 radical (unpaired) electrons. The monoisotopic (exact) mass is 526 g/mol. The first-order valence-corrected chi connectivity index (χ1v) is 16.9. The highest BCUT2D eigenvalue weighted by Gasteiger charge is 2.37. The van der Waals surface area contributed by atoms with Crippen LogP contribution in [0.5, 0.6) is 0 Å². The minimum absolute atomic E-state index is 0.538. The van der Waals surface area contributed by atoms with Crippen molar-refractivity contribution < 1.29 is 0 Å². The number of nitriles is 2. The van der Waals surface area contributed by atoms with Crippen LogP contribution in [-0.2, 0) is 0 Å². The second-order valence-electron chi connectivity index (χ2n) is 5.19. The molecule has 0 N–H and O–H groups in total. The van der Waals surface area contributed by atoms with Crippen molar-refractivity contribution in [2.45, 2.75) is 22.0 Å². The molecule has 0 aromatic heterocycles. The zero-order valence-electron chi connectivity index (χ0n) is 14.4. The van der Waals surface area contributed by atoms with Crippen LogP contribution in [0, 0.1) is 22.7 Å². The number of rotatable bonds is 6.